The van der Waals surface area contributed by atoms with Crippen LogP contribution in [0.4, 0.5) is 10.5 Å². The van der Waals surface area contributed by atoms with E-state index < -0.39 is 29.5 Å². The second-order valence-electron chi connectivity index (χ2n) is 8.41. The van der Waals surface area contributed by atoms with Crippen LogP contribution >= 0.6 is 0 Å². The lowest BCUT2D eigenvalue weighted by molar-refractivity contribution is -0.0584. The number of nitrogens with zero attached hydrogens (tertiary/aromatic N) is 2. The standard InChI is InChI=1S/C23H22N2O6/c1-23(2,3)30-22(29)24-12-6-7-14-13-15(10-11-18(14)24)21(28)31-25-19(26)16-8-4-5-9-17(16)20(25)27/h4-5,8-11,13H,6-7,12H2,1-3H3. The molecule has 2 aromatic rings. The summed E-state index contributed by atoms with van der Waals surface area (Å²) in [5.41, 5.74) is 1.40. The molecule has 0 saturated heterocycles. The van der Waals surface area contributed by atoms with Crippen LogP contribution in [0.3, 0.4) is 0 Å². The predicted octanol–water partition coefficient (Wildman–Crippen LogP) is 3.74. The van der Waals surface area contributed by atoms with Gasteiger partial charge in [0, 0.05) is 6.54 Å². The fourth-order valence-corrected chi connectivity index (χ4v) is 3.62. The molecule has 2 aromatic carbocycles. The topological polar surface area (TPSA) is 93.2 Å². The number of hydroxylamine groups is 2. The van der Waals surface area contributed by atoms with E-state index in [4.69, 9.17) is 9.57 Å². The summed E-state index contributed by atoms with van der Waals surface area (Å²) in [5, 5.41) is 0.486. The molecule has 0 bridgehead atoms. The van der Waals surface area contributed by atoms with E-state index in [2.05, 4.69) is 0 Å². The average Bonchev–Trinajstić information content (AvgIpc) is 2.96. The predicted molar refractivity (Wildman–Crippen MR) is 111 cm³/mol. The van der Waals surface area contributed by atoms with Gasteiger partial charge in [0.05, 0.1) is 22.4 Å². The van der Waals surface area contributed by atoms with Crippen molar-refractivity contribution in [1.29, 1.82) is 0 Å². The Kier molecular flexibility index (Phi) is 5.00. The normalized spacial score (nSPS) is 15.5. The molecular weight excluding hydrogens is 400 g/mol. The van der Waals surface area contributed by atoms with Crippen molar-refractivity contribution in [3.63, 3.8) is 0 Å². The number of anilines is 1. The molecule has 0 aliphatic carbocycles. The zero-order valence-corrected chi connectivity index (χ0v) is 17.5. The Balaban J connectivity index is 1.53. The third-order valence-corrected chi connectivity index (χ3v) is 4.98. The molecular formula is C23H22N2O6. The highest BCUT2D eigenvalue weighted by atomic mass is 16.7. The van der Waals surface area contributed by atoms with Gasteiger partial charge >= 0.3 is 12.1 Å². The largest absolute Gasteiger partial charge is 0.443 e. The van der Waals surface area contributed by atoms with Crippen LogP contribution in [-0.4, -0.2) is 41.1 Å². The molecule has 0 spiro atoms. The SMILES string of the molecule is CC(C)(C)OC(=O)N1CCCc2cc(C(=O)ON3C(=O)c4ccccc4C3=O)ccc21. The minimum absolute atomic E-state index is 0.182. The number of hydrogen-bond donors (Lipinski definition) is 0. The Morgan fingerprint density at radius 1 is 0.968 bits per heavy atom. The maximum absolute atomic E-state index is 12.7. The Labute approximate surface area is 179 Å². The van der Waals surface area contributed by atoms with Crippen LogP contribution in [0.1, 0.15) is 63.8 Å². The zero-order chi connectivity index (χ0) is 22.3. The molecule has 0 aromatic heterocycles. The summed E-state index contributed by atoms with van der Waals surface area (Å²) in [6.45, 7) is 5.91. The lowest BCUT2D eigenvalue weighted by atomic mass is 9.99. The van der Waals surface area contributed by atoms with E-state index in [0.29, 0.717) is 30.1 Å². The van der Waals surface area contributed by atoms with Crippen molar-refractivity contribution >= 4 is 29.6 Å². The van der Waals surface area contributed by atoms with Gasteiger partial charge in [-0.05, 0) is 69.5 Å². The van der Waals surface area contributed by atoms with Gasteiger partial charge in [0.15, 0.2) is 0 Å². The van der Waals surface area contributed by atoms with E-state index >= 15 is 0 Å². The van der Waals surface area contributed by atoms with Crippen LogP contribution in [0.2, 0.25) is 0 Å². The Hall–Kier alpha value is -3.68. The highest BCUT2D eigenvalue weighted by molar-refractivity contribution is 6.21. The molecule has 8 heteroatoms. The minimum atomic E-state index is -0.827. The molecule has 0 radical (unpaired) electrons. The monoisotopic (exact) mass is 422 g/mol. The first-order chi connectivity index (χ1) is 14.7. The number of carbonyl (C=O) groups is 4. The highest BCUT2D eigenvalue weighted by Crippen LogP contribution is 2.30. The van der Waals surface area contributed by atoms with Crippen molar-refractivity contribution in [1.82, 2.24) is 5.06 Å². The molecule has 0 N–H and O–H groups in total. The summed E-state index contributed by atoms with van der Waals surface area (Å²) >= 11 is 0. The van der Waals surface area contributed by atoms with Gasteiger partial charge < -0.3 is 9.57 Å². The van der Waals surface area contributed by atoms with Crippen molar-refractivity contribution in [2.24, 2.45) is 0 Å². The molecule has 8 nitrogen and oxygen atoms in total. The maximum atomic E-state index is 12.7. The van der Waals surface area contributed by atoms with Gasteiger partial charge in [-0.3, -0.25) is 14.5 Å². The van der Waals surface area contributed by atoms with E-state index in [1.54, 1.807) is 49.9 Å². The summed E-state index contributed by atoms with van der Waals surface area (Å²) in [4.78, 5) is 56.7. The van der Waals surface area contributed by atoms with Gasteiger partial charge in [0.25, 0.3) is 11.8 Å². The van der Waals surface area contributed by atoms with Crippen LogP contribution in [0.25, 0.3) is 0 Å². The fourth-order valence-electron chi connectivity index (χ4n) is 3.62. The van der Waals surface area contributed by atoms with Gasteiger partial charge in [-0.15, -0.1) is 0 Å². The number of benzene rings is 2. The van der Waals surface area contributed by atoms with E-state index in [-0.39, 0.29) is 16.7 Å². The molecule has 160 valence electrons. The number of hydrogen-bond acceptors (Lipinski definition) is 6. The van der Waals surface area contributed by atoms with Crippen LogP contribution in [0.5, 0.6) is 0 Å². The smallest absolute Gasteiger partial charge is 0.414 e. The van der Waals surface area contributed by atoms with Gasteiger partial charge in [-0.1, -0.05) is 17.2 Å². The second kappa shape index (κ2) is 7.54. The second-order valence-corrected chi connectivity index (χ2v) is 8.41. The molecule has 3 amide bonds. The quantitative estimate of drug-likeness (QED) is 0.685. The van der Waals surface area contributed by atoms with Crippen LogP contribution in [0, 0.1) is 0 Å². The van der Waals surface area contributed by atoms with Crippen molar-refractivity contribution in [2.45, 2.75) is 39.2 Å². The molecule has 2 aliphatic heterocycles. The fraction of sp³-hybridized carbons (Fsp3) is 0.304. The first-order valence-electron chi connectivity index (χ1n) is 9.99. The van der Waals surface area contributed by atoms with Crippen LogP contribution in [-0.2, 0) is 16.0 Å². The summed E-state index contributed by atoms with van der Waals surface area (Å²) in [6, 6.07) is 11.1. The first-order valence-corrected chi connectivity index (χ1v) is 9.99. The van der Waals surface area contributed by atoms with E-state index in [1.165, 1.54) is 18.2 Å². The number of ether oxygens (including phenoxy) is 1. The number of amides is 3. The molecule has 0 saturated carbocycles. The summed E-state index contributed by atoms with van der Waals surface area (Å²) < 4.78 is 5.47. The zero-order valence-electron chi connectivity index (χ0n) is 17.5. The van der Waals surface area contributed by atoms with E-state index in [9.17, 15) is 19.2 Å². The highest BCUT2D eigenvalue weighted by Gasteiger charge is 2.39. The van der Waals surface area contributed by atoms with E-state index in [0.717, 1.165) is 5.56 Å². The lowest BCUT2D eigenvalue weighted by Gasteiger charge is -2.31. The van der Waals surface area contributed by atoms with Crippen molar-refractivity contribution in [3.8, 4) is 0 Å². The summed E-state index contributed by atoms with van der Waals surface area (Å²) in [6.07, 6.45) is 0.932. The van der Waals surface area contributed by atoms with Gasteiger partial charge in [-0.25, -0.2) is 9.59 Å². The Morgan fingerprint density at radius 3 is 2.23 bits per heavy atom. The summed E-state index contributed by atoms with van der Waals surface area (Å²) in [5.74, 6) is -2.18. The van der Waals surface area contributed by atoms with E-state index in [1.807, 2.05) is 0 Å². The molecule has 2 heterocycles. The number of carbonyl (C=O) groups excluding carboxylic acids is 4. The lowest BCUT2D eigenvalue weighted by Crippen LogP contribution is -2.40. The summed E-state index contributed by atoms with van der Waals surface area (Å²) in [7, 11) is 0. The first kappa shape index (κ1) is 20.6. The van der Waals surface area contributed by atoms with Crippen LogP contribution in [0.15, 0.2) is 42.5 Å². The Morgan fingerprint density at radius 2 is 1.61 bits per heavy atom. The van der Waals surface area contributed by atoms with Crippen molar-refractivity contribution in [3.05, 3.63) is 64.7 Å². The molecule has 31 heavy (non-hydrogen) atoms. The molecule has 4 rings (SSSR count). The number of imide groups is 1. The van der Waals surface area contributed by atoms with Gasteiger partial charge in [-0.2, -0.15) is 0 Å². The number of aryl methyl sites for hydroxylation is 1. The maximum Gasteiger partial charge on any atom is 0.414 e. The molecule has 0 unspecified atom stereocenters. The van der Waals surface area contributed by atoms with Crippen molar-refractivity contribution < 1.29 is 28.8 Å². The van der Waals surface area contributed by atoms with Gasteiger partial charge in [0.2, 0.25) is 0 Å². The number of rotatable bonds is 2. The van der Waals surface area contributed by atoms with Crippen molar-refractivity contribution in [2.75, 3.05) is 11.4 Å². The third-order valence-electron chi connectivity index (χ3n) is 4.98. The Bertz CT molecular complexity index is 1070. The number of fused-ring (bicyclic) bond motifs is 2. The van der Waals surface area contributed by atoms with Gasteiger partial charge in [0.1, 0.15) is 5.60 Å². The van der Waals surface area contributed by atoms with Crippen LogP contribution < -0.4 is 4.90 Å². The molecule has 0 fully saturated rings. The molecule has 2 aliphatic rings. The minimum Gasteiger partial charge on any atom is -0.443 e. The third kappa shape index (κ3) is 3.88. The average molecular weight is 422 g/mol. The molecule has 0 atom stereocenters.